The fourth-order valence-corrected chi connectivity index (χ4v) is 5.77. The molecule has 0 bridgehead atoms. The molecule has 3 aliphatic carbocycles. The van der Waals surface area contributed by atoms with E-state index in [-0.39, 0.29) is 11.3 Å². The lowest BCUT2D eigenvalue weighted by Crippen LogP contribution is -2.44. The second kappa shape index (κ2) is 4.82. The Labute approximate surface area is 131 Å². The van der Waals surface area contributed by atoms with Crippen LogP contribution in [0.2, 0.25) is 0 Å². The summed E-state index contributed by atoms with van der Waals surface area (Å²) in [6.45, 7) is 2.19. The van der Waals surface area contributed by atoms with Crippen molar-refractivity contribution in [1.82, 2.24) is 0 Å². The maximum atomic E-state index is 11.3. The molecule has 2 saturated carbocycles. The molecule has 0 amide bonds. The number of fused-ring (bicyclic) bond motifs is 5. The predicted molar refractivity (Wildman–Crippen MR) is 83.7 cm³/mol. The van der Waals surface area contributed by atoms with Crippen molar-refractivity contribution in [2.75, 3.05) is 0 Å². The fraction of sp³-hybridized carbons (Fsp3) is 0.632. The number of hydrogen-bond donors (Lipinski definition) is 2. The molecule has 1 aromatic rings. The number of aliphatic hydroxyl groups excluding tert-OH is 1. The third kappa shape index (κ3) is 1.81. The van der Waals surface area contributed by atoms with Crippen LogP contribution in [0.4, 0.5) is 0 Å². The summed E-state index contributed by atoms with van der Waals surface area (Å²) in [6, 6.07) is 5.80. The number of rotatable bonds is 1. The zero-order chi connectivity index (χ0) is 15.5. The van der Waals surface area contributed by atoms with E-state index in [0.29, 0.717) is 23.5 Å². The van der Waals surface area contributed by atoms with Gasteiger partial charge in [-0.3, -0.25) is 0 Å². The molecule has 4 rings (SSSR count). The number of aldehydes is 1. The average molecular weight is 300 g/mol. The number of carbonyl (C=O) groups is 1. The molecule has 1 aromatic carbocycles. The summed E-state index contributed by atoms with van der Waals surface area (Å²) in [4.78, 5) is 11.3. The molecular formula is C19H24O3. The minimum atomic E-state index is -0.475. The van der Waals surface area contributed by atoms with E-state index in [0.717, 1.165) is 38.4 Å². The quantitative estimate of drug-likeness (QED) is 0.784. The monoisotopic (exact) mass is 300 g/mol. The first-order chi connectivity index (χ1) is 10.5. The predicted octanol–water partition coefficient (Wildman–Crippen LogP) is 3.03. The van der Waals surface area contributed by atoms with Gasteiger partial charge in [-0.05, 0) is 78.5 Å². The van der Waals surface area contributed by atoms with Crippen molar-refractivity contribution < 1.29 is 15.0 Å². The van der Waals surface area contributed by atoms with Gasteiger partial charge in [0, 0.05) is 5.92 Å². The Kier molecular flexibility index (Phi) is 3.12. The van der Waals surface area contributed by atoms with Gasteiger partial charge in [0.2, 0.25) is 0 Å². The lowest BCUT2D eigenvalue weighted by molar-refractivity contribution is -0.115. The molecule has 6 atom stereocenters. The van der Waals surface area contributed by atoms with Crippen molar-refractivity contribution in [3.05, 3.63) is 29.3 Å². The molecule has 1 unspecified atom stereocenters. The van der Waals surface area contributed by atoms with Crippen LogP contribution in [0.1, 0.15) is 49.7 Å². The standard InChI is InChI=1S/C19H24O3/c1-19-7-6-15-14-5-3-13(21)8-11(14)2-4-16(15)17(19)9-12(10-20)18(19)22/h3,5,8,10,12,15-18,21-22H,2,4,6-7,9H2,1H3/t12?,15-,16-,17+,18-,19+/m1/s1. The first kappa shape index (κ1) is 14.3. The summed E-state index contributed by atoms with van der Waals surface area (Å²) in [6.07, 6.45) is 5.52. The van der Waals surface area contributed by atoms with E-state index >= 15 is 0 Å². The largest absolute Gasteiger partial charge is 0.508 e. The van der Waals surface area contributed by atoms with Crippen molar-refractivity contribution >= 4 is 6.29 Å². The Morgan fingerprint density at radius 2 is 2.14 bits per heavy atom. The van der Waals surface area contributed by atoms with Crippen molar-refractivity contribution in [1.29, 1.82) is 0 Å². The Morgan fingerprint density at radius 1 is 1.32 bits per heavy atom. The van der Waals surface area contributed by atoms with Gasteiger partial charge in [-0.25, -0.2) is 0 Å². The van der Waals surface area contributed by atoms with Crippen molar-refractivity contribution in [3.8, 4) is 5.75 Å². The molecule has 0 spiro atoms. The fourth-order valence-electron chi connectivity index (χ4n) is 5.77. The van der Waals surface area contributed by atoms with E-state index in [1.807, 2.05) is 6.07 Å². The van der Waals surface area contributed by atoms with Gasteiger partial charge in [-0.15, -0.1) is 0 Å². The average Bonchev–Trinajstić information content (AvgIpc) is 2.78. The highest BCUT2D eigenvalue weighted by atomic mass is 16.3. The van der Waals surface area contributed by atoms with E-state index in [1.54, 1.807) is 6.07 Å². The Morgan fingerprint density at radius 3 is 2.91 bits per heavy atom. The van der Waals surface area contributed by atoms with E-state index in [4.69, 9.17) is 0 Å². The molecule has 0 radical (unpaired) electrons. The van der Waals surface area contributed by atoms with Crippen LogP contribution in [0.15, 0.2) is 18.2 Å². The van der Waals surface area contributed by atoms with Gasteiger partial charge >= 0.3 is 0 Å². The van der Waals surface area contributed by atoms with Crippen LogP contribution in [-0.4, -0.2) is 22.6 Å². The number of aliphatic hydroxyl groups is 1. The Balaban J connectivity index is 1.70. The third-order valence-electron chi connectivity index (χ3n) is 6.93. The number of aryl methyl sites for hydroxylation is 1. The van der Waals surface area contributed by atoms with E-state index in [9.17, 15) is 15.0 Å². The Hall–Kier alpha value is -1.35. The lowest BCUT2D eigenvalue weighted by Gasteiger charge is -2.50. The zero-order valence-electron chi connectivity index (χ0n) is 13.0. The summed E-state index contributed by atoms with van der Waals surface area (Å²) < 4.78 is 0. The number of phenolic OH excluding ortho intramolecular Hbond substituents is 1. The van der Waals surface area contributed by atoms with Gasteiger partial charge in [-0.1, -0.05) is 13.0 Å². The lowest BCUT2D eigenvalue weighted by atomic mass is 9.55. The van der Waals surface area contributed by atoms with Gasteiger partial charge in [-0.2, -0.15) is 0 Å². The van der Waals surface area contributed by atoms with Crippen LogP contribution in [-0.2, 0) is 11.2 Å². The molecule has 22 heavy (non-hydrogen) atoms. The molecular weight excluding hydrogens is 276 g/mol. The number of aromatic hydroxyl groups is 1. The minimum absolute atomic E-state index is 0.0961. The summed E-state index contributed by atoms with van der Waals surface area (Å²) >= 11 is 0. The van der Waals surface area contributed by atoms with Crippen LogP contribution in [0.25, 0.3) is 0 Å². The third-order valence-corrected chi connectivity index (χ3v) is 6.93. The highest BCUT2D eigenvalue weighted by Crippen LogP contribution is 2.61. The number of carbonyl (C=O) groups excluding carboxylic acids is 1. The second-order valence-electron chi connectivity index (χ2n) is 7.82. The van der Waals surface area contributed by atoms with Crippen LogP contribution >= 0.6 is 0 Å². The Bertz CT molecular complexity index is 611. The molecule has 2 N–H and O–H groups in total. The smallest absolute Gasteiger partial charge is 0.125 e. The van der Waals surface area contributed by atoms with Crippen LogP contribution < -0.4 is 0 Å². The second-order valence-corrected chi connectivity index (χ2v) is 7.82. The molecule has 3 aliphatic rings. The SMILES string of the molecule is C[C@]12CC[C@@H]3c4ccc(O)cc4CC[C@H]3[C@@H]1CC(C=O)[C@H]2O. The number of benzene rings is 1. The van der Waals surface area contributed by atoms with Crippen molar-refractivity contribution in [3.63, 3.8) is 0 Å². The summed E-state index contributed by atoms with van der Waals surface area (Å²) in [5.74, 6) is 1.71. The molecule has 118 valence electrons. The van der Waals surface area contributed by atoms with Gasteiger partial charge in [0.1, 0.15) is 12.0 Å². The van der Waals surface area contributed by atoms with Gasteiger partial charge in [0.05, 0.1) is 6.10 Å². The zero-order valence-corrected chi connectivity index (χ0v) is 13.0. The summed E-state index contributed by atoms with van der Waals surface area (Å²) in [5, 5.41) is 20.3. The molecule has 0 heterocycles. The maximum absolute atomic E-state index is 11.3. The van der Waals surface area contributed by atoms with Crippen LogP contribution in [0, 0.1) is 23.2 Å². The van der Waals surface area contributed by atoms with Crippen molar-refractivity contribution in [2.45, 2.75) is 51.0 Å². The molecule has 3 nitrogen and oxygen atoms in total. The maximum Gasteiger partial charge on any atom is 0.125 e. The van der Waals surface area contributed by atoms with Crippen LogP contribution in [0.3, 0.4) is 0 Å². The highest BCUT2D eigenvalue weighted by molar-refractivity contribution is 5.56. The first-order valence-electron chi connectivity index (χ1n) is 8.50. The summed E-state index contributed by atoms with van der Waals surface area (Å²) in [5.41, 5.74) is 2.58. The minimum Gasteiger partial charge on any atom is -0.508 e. The normalized spacial score (nSPS) is 43.1. The van der Waals surface area contributed by atoms with Crippen molar-refractivity contribution in [2.24, 2.45) is 23.2 Å². The molecule has 0 saturated heterocycles. The number of hydrogen-bond acceptors (Lipinski definition) is 3. The van der Waals surface area contributed by atoms with Gasteiger partial charge < -0.3 is 15.0 Å². The van der Waals surface area contributed by atoms with Gasteiger partial charge in [0.25, 0.3) is 0 Å². The molecule has 0 aromatic heterocycles. The van der Waals surface area contributed by atoms with Crippen LogP contribution in [0.5, 0.6) is 5.75 Å². The van der Waals surface area contributed by atoms with E-state index in [1.165, 1.54) is 11.1 Å². The first-order valence-corrected chi connectivity index (χ1v) is 8.50. The summed E-state index contributed by atoms with van der Waals surface area (Å²) in [7, 11) is 0. The van der Waals surface area contributed by atoms with Gasteiger partial charge in [0.15, 0.2) is 0 Å². The van der Waals surface area contributed by atoms with E-state index in [2.05, 4.69) is 13.0 Å². The molecule has 3 heteroatoms. The highest BCUT2D eigenvalue weighted by Gasteiger charge is 2.57. The number of phenols is 1. The molecule has 2 fully saturated rings. The topological polar surface area (TPSA) is 57.5 Å². The van der Waals surface area contributed by atoms with E-state index < -0.39 is 6.10 Å². The molecule has 0 aliphatic heterocycles.